The molecule has 0 rings (SSSR count). The van der Waals surface area contributed by atoms with E-state index >= 15 is 0 Å². The van der Waals surface area contributed by atoms with Crippen molar-refractivity contribution >= 4 is 16.9 Å². The van der Waals surface area contributed by atoms with Gasteiger partial charge in [0.05, 0.1) is 0 Å². The van der Waals surface area contributed by atoms with Gasteiger partial charge in [-0.25, -0.2) is 0 Å². The van der Waals surface area contributed by atoms with E-state index in [-0.39, 0.29) is 0 Å². The van der Waals surface area contributed by atoms with Gasteiger partial charge >= 0.3 is 60.4 Å². The molecule has 0 aromatic rings. The van der Waals surface area contributed by atoms with Crippen LogP contribution in [0.1, 0.15) is 32.6 Å². The third-order valence-corrected chi connectivity index (χ3v) is 1.68. The first-order valence-corrected chi connectivity index (χ1v) is 4.68. The molecule has 0 amide bonds. The quantitative estimate of drug-likeness (QED) is 0.449. The van der Waals surface area contributed by atoms with Crippen molar-refractivity contribution in [3.8, 4) is 0 Å². The Hall–Kier alpha value is 0.298. The van der Waals surface area contributed by atoms with Gasteiger partial charge in [0.15, 0.2) is 0 Å². The van der Waals surface area contributed by atoms with Gasteiger partial charge in [-0.2, -0.15) is 0 Å². The van der Waals surface area contributed by atoms with Gasteiger partial charge in [0.2, 0.25) is 0 Å². The van der Waals surface area contributed by atoms with E-state index in [2.05, 4.69) is 17.9 Å². The van der Waals surface area contributed by atoms with Crippen LogP contribution in [0.3, 0.4) is 0 Å². The molecule has 0 saturated carbocycles. The summed E-state index contributed by atoms with van der Waals surface area (Å²) >= 11 is 1.69. The van der Waals surface area contributed by atoms with Crippen molar-refractivity contribution in [1.82, 2.24) is 0 Å². The second-order valence-corrected chi connectivity index (χ2v) is 2.73. The number of hydrogen-bond donors (Lipinski definition) is 0. The average molecular weight is 174 g/mol. The number of allylic oxidation sites excluding steroid dienone is 1. The van der Waals surface area contributed by atoms with E-state index in [9.17, 15) is 0 Å². The van der Waals surface area contributed by atoms with E-state index in [4.69, 9.17) is 0 Å². The molecule has 0 N–H and O–H groups in total. The molecule has 1 unspecified atom stereocenters. The van der Waals surface area contributed by atoms with Crippen LogP contribution >= 0.6 is 0 Å². The Balaban J connectivity index is 2.72. The van der Waals surface area contributed by atoms with E-state index in [1.807, 2.05) is 0 Å². The predicted octanol–water partition coefficient (Wildman–Crippen LogP) is 1.71. The molecule has 0 aliphatic heterocycles. The van der Waals surface area contributed by atoms with Gasteiger partial charge in [-0.05, 0) is 0 Å². The Kier molecular flexibility index (Phi) is 7.57. The van der Waals surface area contributed by atoms with Gasteiger partial charge in [0, 0.05) is 0 Å². The van der Waals surface area contributed by atoms with Crippen molar-refractivity contribution in [2.45, 2.75) is 32.6 Å². The van der Waals surface area contributed by atoms with Gasteiger partial charge in [0.25, 0.3) is 0 Å². The van der Waals surface area contributed by atoms with Crippen LogP contribution in [0.25, 0.3) is 0 Å². The van der Waals surface area contributed by atoms with Crippen LogP contribution in [0.15, 0.2) is 10.9 Å². The van der Waals surface area contributed by atoms with Crippen LogP contribution in [0.5, 0.6) is 0 Å². The zero-order valence-corrected chi connectivity index (χ0v) is 7.98. The minimum absolute atomic E-state index is 1.28. The van der Waals surface area contributed by atoms with Crippen LogP contribution < -0.4 is 0 Å². The van der Waals surface area contributed by atoms with Crippen molar-refractivity contribution in [3.63, 3.8) is 0 Å². The van der Waals surface area contributed by atoms with E-state index < -0.39 is 0 Å². The molecular weight excluding hydrogens is 159 g/mol. The van der Waals surface area contributed by atoms with Gasteiger partial charge in [-0.3, -0.25) is 0 Å². The van der Waals surface area contributed by atoms with Crippen molar-refractivity contribution in [1.29, 1.82) is 0 Å². The zero-order chi connectivity index (χ0) is 6.24. The molecule has 0 fully saturated rings. The average Bonchev–Trinajstić information content (AvgIpc) is 1.81. The zero-order valence-electron chi connectivity index (χ0n) is 5.56. The molecule has 1 atom stereocenters. The second kappa shape index (κ2) is 7.30. The Bertz CT molecular complexity index is 57.4. The Morgan fingerprint density at radius 1 is 1.38 bits per heavy atom. The molecule has 0 aliphatic carbocycles. The first-order valence-electron chi connectivity index (χ1n) is 3.28. The number of unbranched alkanes of at least 4 members (excludes halogenated alkanes) is 3. The van der Waals surface area contributed by atoms with Gasteiger partial charge in [0.1, 0.15) is 0 Å². The summed E-state index contributed by atoms with van der Waals surface area (Å²) in [6, 6.07) is 0. The molecule has 0 saturated heterocycles. The minimum atomic E-state index is 1.28. The van der Waals surface area contributed by atoms with Crippen LogP contribution in [0.2, 0.25) is 0 Å². The van der Waals surface area contributed by atoms with Gasteiger partial charge < -0.3 is 0 Å². The van der Waals surface area contributed by atoms with E-state index in [0.717, 1.165) is 0 Å². The molecule has 0 bridgehead atoms. The van der Waals surface area contributed by atoms with Crippen LogP contribution in [0, 0.1) is 0 Å². The van der Waals surface area contributed by atoms with Crippen LogP contribution in [-0.4, -0.2) is 16.9 Å². The maximum atomic E-state index is 2.26. The topological polar surface area (TPSA) is 0 Å². The second-order valence-electron chi connectivity index (χ2n) is 1.92. The van der Waals surface area contributed by atoms with Crippen molar-refractivity contribution < 1.29 is 0 Å². The molecule has 0 aliphatic rings. The number of hydrogen-bond acceptors (Lipinski definition) is 0. The third kappa shape index (κ3) is 6.30. The molecule has 0 radical (unpaired) electrons. The summed E-state index contributed by atoms with van der Waals surface area (Å²) in [5, 5.41) is 0. The molecule has 0 spiro atoms. The summed E-state index contributed by atoms with van der Waals surface area (Å²) in [5.74, 6) is 0. The van der Waals surface area contributed by atoms with Crippen molar-refractivity contribution in [2.24, 2.45) is 0 Å². The molecule has 0 aromatic heterocycles. The first kappa shape index (κ1) is 8.30. The Morgan fingerprint density at radius 3 is 2.62 bits per heavy atom. The van der Waals surface area contributed by atoms with E-state index in [0.29, 0.717) is 0 Å². The fourth-order valence-corrected chi connectivity index (χ4v) is 1.01. The fraction of sp³-hybridized carbons (Fsp3) is 0.714. The van der Waals surface area contributed by atoms with Crippen LogP contribution in [0.4, 0.5) is 0 Å². The summed E-state index contributed by atoms with van der Waals surface area (Å²) in [6.07, 6.45) is 7.64. The molecule has 0 nitrogen and oxygen atoms in total. The molecule has 0 heterocycles. The summed E-state index contributed by atoms with van der Waals surface area (Å²) < 4.78 is 0. The molecule has 0 aromatic carbocycles. The van der Waals surface area contributed by atoms with Gasteiger partial charge in [-0.1, -0.05) is 0 Å². The summed E-state index contributed by atoms with van der Waals surface area (Å²) in [6.45, 7) is 2.24. The van der Waals surface area contributed by atoms with E-state index in [1.165, 1.54) is 25.7 Å². The Labute approximate surface area is 60.9 Å². The molecular formula is C7H15As. The summed E-state index contributed by atoms with van der Waals surface area (Å²) in [5.41, 5.74) is 0. The normalized spacial score (nSPS) is 10.8. The SMILES string of the molecule is CCCCCC=C[AsH2]. The van der Waals surface area contributed by atoms with Crippen molar-refractivity contribution in [3.05, 3.63) is 10.9 Å². The maximum absolute atomic E-state index is 2.26. The predicted molar refractivity (Wildman–Crippen MR) is 41.8 cm³/mol. The monoisotopic (exact) mass is 174 g/mol. The molecule has 48 valence electrons. The first-order chi connectivity index (χ1) is 3.91. The van der Waals surface area contributed by atoms with E-state index in [1.54, 1.807) is 16.9 Å². The number of rotatable bonds is 4. The molecule has 1 heteroatoms. The third-order valence-electron chi connectivity index (χ3n) is 1.11. The van der Waals surface area contributed by atoms with Crippen molar-refractivity contribution in [2.75, 3.05) is 0 Å². The van der Waals surface area contributed by atoms with Crippen LogP contribution in [-0.2, 0) is 0 Å². The fourth-order valence-electron chi connectivity index (χ4n) is 0.608. The summed E-state index contributed by atoms with van der Waals surface area (Å²) in [7, 11) is 0. The summed E-state index contributed by atoms with van der Waals surface area (Å²) in [4.78, 5) is 2.18. The Morgan fingerprint density at radius 2 is 2.12 bits per heavy atom. The van der Waals surface area contributed by atoms with Gasteiger partial charge in [-0.15, -0.1) is 0 Å². The molecule has 8 heavy (non-hydrogen) atoms. The standard InChI is InChI=1S/C7H15As/c1-2-3-4-5-6-7-8/h6-7H,2-5,8H2,1H3.